The summed E-state index contributed by atoms with van der Waals surface area (Å²) >= 11 is 0. The molecule has 3 aromatic rings. The highest BCUT2D eigenvalue weighted by Crippen LogP contribution is 2.18. The third-order valence-corrected chi connectivity index (χ3v) is 5.40. The first-order valence-electron chi connectivity index (χ1n) is 12.3. The molecule has 3 aromatic carbocycles. The Morgan fingerprint density at radius 3 is 1.87 bits per heavy atom. The van der Waals surface area contributed by atoms with Gasteiger partial charge in [-0.05, 0) is 80.6 Å². The zero-order chi connectivity index (χ0) is 27.8. The van der Waals surface area contributed by atoms with Crippen molar-refractivity contribution in [2.45, 2.75) is 32.6 Å². The molecule has 0 saturated carbocycles. The first-order valence-corrected chi connectivity index (χ1v) is 12.3. The zero-order valence-corrected chi connectivity index (χ0v) is 21.5. The van der Waals surface area contributed by atoms with Gasteiger partial charge in [0.1, 0.15) is 5.75 Å². The van der Waals surface area contributed by atoms with E-state index >= 15 is 0 Å². The van der Waals surface area contributed by atoms with Crippen molar-refractivity contribution in [2.75, 3.05) is 24.7 Å². The minimum Gasteiger partial charge on any atom is -0.494 e. The standard InChI is InChI=1S/C29H32N2O4.CH2O2/c1-2-7-21-8-10-22(11-9-21)28(32)23-12-14-27(15-13-23)34-16-5-3-4-6-17-35-29(33)24-18-25(30)20-26(31)19-24;2-1-3/h2,7-15,18-20H,3-6,16-17,30-31H2,1H3;1H,(H,2,3)/b7-2+;. The van der Waals surface area contributed by atoms with Gasteiger partial charge in [0.2, 0.25) is 0 Å². The number of hydrogen-bond donors (Lipinski definition) is 3. The SMILES string of the molecule is C/C=C/c1ccc(C(=O)c2ccc(OCCCCCCOC(=O)c3cc(N)cc(N)c3)cc2)cc1.O=CO. The summed E-state index contributed by atoms with van der Waals surface area (Å²) in [7, 11) is 0. The monoisotopic (exact) mass is 518 g/mol. The van der Waals surface area contributed by atoms with Crippen LogP contribution in [0, 0.1) is 0 Å². The van der Waals surface area contributed by atoms with Gasteiger partial charge in [0.05, 0.1) is 18.8 Å². The normalized spacial score (nSPS) is 10.3. The number of carboxylic acid groups (broad SMARTS) is 1. The number of ether oxygens (including phenoxy) is 2. The minimum atomic E-state index is -0.417. The number of benzene rings is 3. The predicted octanol–water partition coefficient (Wildman–Crippen LogP) is 5.61. The Kier molecular flexibility index (Phi) is 12.6. The maximum absolute atomic E-state index is 12.7. The lowest BCUT2D eigenvalue weighted by Gasteiger charge is -2.08. The van der Waals surface area contributed by atoms with Crippen LogP contribution in [0.25, 0.3) is 6.08 Å². The van der Waals surface area contributed by atoms with Gasteiger partial charge in [0, 0.05) is 22.5 Å². The van der Waals surface area contributed by atoms with Crippen molar-refractivity contribution in [3.63, 3.8) is 0 Å². The second kappa shape index (κ2) is 16.2. The molecule has 0 spiro atoms. The van der Waals surface area contributed by atoms with Gasteiger partial charge >= 0.3 is 5.97 Å². The van der Waals surface area contributed by atoms with Crippen LogP contribution < -0.4 is 16.2 Å². The molecule has 8 heteroatoms. The quantitative estimate of drug-likeness (QED) is 0.0923. The van der Waals surface area contributed by atoms with Crippen molar-refractivity contribution in [1.29, 1.82) is 0 Å². The number of ketones is 1. The number of hydrogen-bond acceptors (Lipinski definition) is 7. The second-order valence-corrected chi connectivity index (χ2v) is 8.37. The molecule has 0 aromatic heterocycles. The third-order valence-electron chi connectivity index (χ3n) is 5.40. The first-order chi connectivity index (χ1) is 18.4. The van der Waals surface area contributed by atoms with Gasteiger partial charge in [-0.1, -0.05) is 36.4 Å². The summed E-state index contributed by atoms with van der Waals surface area (Å²) < 4.78 is 11.1. The van der Waals surface area contributed by atoms with Crippen LogP contribution in [0.1, 0.15) is 64.4 Å². The summed E-state index contributed by atoms with van der Waals surface area (Å²) in [6, 6.07) is 19.5. The second-order valence-electron chi connectivity index (χ2n) is 8.37. The van der Waals surface area contributed by atoms with Gasteiger partial charge in [-0.15, -0.1) is 0 Å². The number of carbonyl (C=O) groups is 3. The third kappa shape index (κ3) is 10.2. The number of anilines is 2. The Hall–Kier alpha value is -4.59. The fraction of sp³-hybridized carbons (Fsp3) is 0.233. The lowest BCUT2D eigenvalue weighted by Crippen LogP contribution is -2.08. The van der Waals surface area contributed by atoms with Gasteiger partial charge in [-0.25, -0.2) is 4.79 Å². The first kappa shape index (κ1) is 29.6. The average molecular weight is 519 g/mol. The molecule has 0 aliphatic rings. The zero-order valence-electron chi connectivity index (χ0n) is 21.5. The summed E-state index contributed by atoms with van der Waals surface area (Å²) in [4.78, 5) is 33.1. The highest BCUT2D eigenvalue weighted by molar-refractivity contribution is 6.09. The minimum absolute atomic E-state index is 0.0107. The number of nitrogen functional groups attached to an aromatic ring is 2. The van der Waals surface area contributed by atoms with Crippen LogP contribution in [0.4, 0.5) is 11.4 Å². The van der Waals surface area contributed by atoms with Crippen molar-refractivity contribution >= 4 is 35.7 Å². The van der Waals surface area contributed by atoms with E-state index in [4.69, 9.17) is 30.8 Å². The molecule has 0 radical (unpaired) electrons. The molecule has 0 amide bonds. The number of esters is 1. The van der Waals surface area contributed by atoms with Crippen molar-refractivity contribution in [3.05, 3.63) is 95.1 Å². The molecule has 5 N–H and O–H groups in total. The van der Waals surface area contributed by atoms with Gasteiger partial charge in [0.15, 0.2) is 5.78 Å². The van der Waals surface area contributed by atoms with Crippen molar-refractivity contribution in [2.24, 2.45) is 0 Å². The highest BCUT2D eigenvalue weighted by Gasteiger charge is 2.10. The van der Waals surface area contributed by atoms with Crippen molar-refractivity contribution < 1.29 is 29.0 Å². The maximum atomic E-state index is 12.7. The van der Waals surface area contributed by atoms with E-state index in [9.17, 15) is 9.59 Å². The molecule has 0 unspecified atom stereocenters. The van der Waals surface area contributed by atoms with E-state index in [0.717, 1.165) is 37.0 Å². The van der Waals surface area contributed by atoms with Gasteiger partial charge in [0.25, 0.3) is 6.47 Å². The largest absolute Gasteiger partial charge is 0.494 e. The number of unbranched alkanes of at least 4 members (excludes halogenated alkanes) is 3. The van der Waals surface area contributed by atoms with E-state index in [1.165, 1.54) is 0 Å². The summed E-state index contributed by atoms with van der Waals surface area (Å²) in [6.07, 6.45) is 7.51. The van der Waals surface area contributed by atoms with Crippen LogP contribution in [-0.2, 0) is 9.53 Å². The van der Waals surface area contributed by atoms with E-state index in [1.807, 2.05) is 55.5 Å². The Balaban J connectivity index is 0.00000161. The summed E-state index contributed by atoms with van der Waals surface area (Å²) in [5.41, 5.74) is 15.0. The van der Waals surface area contributed by atoms with Crippen LogP contribution in [0.15, 0.2) is 72.8 Å². The number of carbonyl (C=O) groups excluding carboxylic acids is 2. The number of allylic oxidation sites excluding steroid dienone is 1. The Labute approximate surface area is 222 Å². The molecular weight excluding hydrogens is 484 g/mol. The van der Waals surface area contributed by atoms with Crippen LogP contribution in [0.2, 0.25) is 0 Å². The van der Waals surface area contributed by atoms with Crippen LogP contribution in [-0.4, -0.2) is 36.5 Å². The molecular formula is C30H34N2O6. The molecule has 8 nitrogen and oxygen atoms in total. The number of rotatable bonds is 12. The number of nitrogens with two attached hydrogens (primary N) is 2. The average Bonchev–Trinajstić information content (AvgIpc) is 2.90. The Morgan fingerprint density at radius 1 is 0.789 bits per heavy atom. The molecule has 3 rings (SSSR count). The summed E-state index contributed by atoms with van der Waals surface area (Å²) in [5, 5.41) is 6.89. The van der Waals surface area contributed by atoms with Crippen LogP contribution >= 0.6 is 0 Å². The fourth-order valence-corrected chi connectivity index (χ4v) is 3.60. The van der Waals surface area contributed by atoms with Crippen LogP contribution in [0.5, 0.6) is 5.75 Å². The van der Waals surface area contributed by atoms with Gasteiger partial charge in [-0.2, -0.15) is 0 Å². The topological polar surface area (TPSA) is 142 Å². The lowest BCUT2D eigenvalue weighted by atomic mass is 10.0. The summed E-state index contributed by atoms with van der Waals surface area (Å²) in [5.74, 6) is 0.309. The van der Waals surface area contributed by atoms with E-state index in [1.54, 1.807) is 30.3 Å². The molecule has 0 saturated heterocycles. The molecule has 38 heavy (non-hydrogen) atoms. The predicted molar refractivity (Wildman–Crippen MR) is 149 cm³/mol. The van der Waals surface area contributed by atoms with Gasteiger partial charge < -0.3 is 26.0 Å². The summed E-state index contributed by atoms with van der Waals surface area (Å²) in [6.45, 7) is 2.65. The van der Waals surface area contributed by atoms with Gasteiger partial charge in [-0.3, -0.25) is 9.59 Å². The van der Waals surface area contributed by atoms with Crippen molar-refractivity contribution in [3.8, 4) is 5.75 Å². The van der Waals surface area contributed by atoms with Crippen molar-refractivity contribution in [1.82, 2.24) is 0 Å². The van der Waals surface area contributed by atoms with Crippen LogP contribution in [0.3, 0.4) is 0 Å². The van der Waals surface area contributed by atoms with E-state index in [0.29, 0.717) is 41.3 Å². The van der Waals surface area contributed by atoms with E-state index in [2.05, 4.69) is 0 Å². The molecule has 200 valence electrons. The molecule has 0 heterocycles. The highest BCUT2D eigenvalue weighted by atomic mass is 16.5. The fourth-order valence-electron chi connectivity index (χ4n) is 3.60. The lowest BCUT2D eigenvalue weighted by molar-refractivity contribution is -0.122. The smallest absolute Gasteiger partial charge is 0.338 e. The maximum Gasteiger partial charge on any atom is 0.338 e. The molecule has 0 atom stereocenters. The van der Waals surface area contributed by atoms with E-state index in [-0.39, 0.29) is 12.3 Å². The van der Waals surface area contributed by atoms with E-state index < -0.39 is 5.97 Å². The Morgan fingerprint density at radius 2 is 1.32 bits per heavy atom. The Bertz CT molecular complexity index is 1180. The molecule has 0 fully saturated rings. The molecule has 0 aliphatic carbocycles. The molecule has 0 bridgehead atoms. The molecule has 0 aliphatic heterocycles.